The molecule has 2 nitrogen and oxygen atoms in total. The van der Waals surface area contributed by atoms with E-state index in [4.69, 9.17) is 0 Å². The molecular formula is C16H15NO. The minimum Gasteiger partial charge on any atom is -0.280 e. The second kappa shape index (κ2) is 3.70. The van der Waals surface area contributed by atoms with Gasteiger partial charge in [-0.25, -0.2) is 0 Å². The van der Waals surface area contributed by atoms with Gasteiger partial charge in [0.05, 0.1) is 11.0 Å². The molecular weight excluding hydrogens is 222 g/mol. The van der Waals surface area contributed by atoms with Crippen LogP contribution in [-0.4, -0.2) is 10.5 Å². The number of carbonyl (C=O) groups is 1. The first kappa shape index (κ1) is 11.0. The van der Waals surface area contributed by atoms with Crippen LogP contribution < -0.4 is 0 Å². The third kappa shape index (κ3) is 1.46. The number of benzene rings is 2. The SMILES string of the molecule is CC(=O)n1c2ccc(C)cc2c2cc(C)ccc21. The molecule has 0 atom stereocenters. The zero-order valence-corrected chi connectivity index (χ0v) is 10.8. The van der Waals surface area contributed by atoms with Crippen molar-refractivity contribution in [2.24, 2.45) is 0 Å². The number of rotatable bonds is 0. The van der Waals surface area contributed by atoms with E-state index in [9.17, 15) is 4.79 Å². The van der Waals surface area contributed by atoms with Gasteiger partial charge in [0.25, 0.3) is 0 Å². The summed E-state index contributed by atoms with van der Waals surface area (Å²) in [5, 5.41) is 2.31. The van der Waals surface area contributed by atoms with Crippen LogP contribution in [-0.2, 0) is 0 Å². The molecule has 90 valence electrons. The largest absolute Gasteiger partial charge is 0.280 e. The Morgan fingerprint density at radius 3 is 1.72 bits per heavy atom. The normalized spacial score (nSPS) is 11.3. The standard InChI is InChI=1S/C16H15NO/c1-10-4-6-15-13(8-10)14-9-11(2)5-7-16(14)17(15)12(3)18/h4-9H,1-3H3. The number of aromatic nitrogens is 1. The molecule has 0 radical (unpaired) electrons. The van der Waals surface area contributed by atoms with E-state index in [1.54, 1.807) is 11.5 Å². The summed E-state index contributed by atoms with van der Waals surface area (Å²) in [6.45, 7) is 5.76. The van der Waals surface area contributed by atoms with Crippen LogP contribution in [0.25, 0.3) is 21.8 Å². The lowest BCUT2D eigenvalue weighted by Gasteiger charge is -2.01. The maximum Gasteiger partial charge on any atom is 0.228 e. The first-order valence-corrected chi connectivity index (χ1v) is 6.10. The Morgan fingerprint density at radius 2 is 1.33 bits per heavy atom. The maximum absolute atomic E-state index is 11.9. The second-order valence-electron chi connectivity index (χ2n) is 4.90. The fourth-order valence-corrected chi connectivity index (χ4v) is 2.59. The lowest BCUT2D eigenvalue weighted by atomic mass is 10.1. The van der Waals surface area contributed by atoms with Gasteiger partial charge < -0.3 is 0 Å². The van der Waals surface area contributed by atoms with Gasteiger partial charge in [-0.1, -0.05) is 23.3 Å². The van der Waals surface area contributed by atoms with E-state index < -0.39 is 0 Å². The lowest BCUT2D eigenvalue weighted by Crippen LogP contribution is -2.04. The first-order chi connectivity index (χ1) is 8.58. The Morgan fingerprint density at radius 1 is 0.889 bits per heavy atom. The molecule has 0 N–H and O–H groups in total. The van der Waals surface area contributed by atoms with E-state index in [0.717, 1.165) is 21.8 Å². The predicted molar refractivity (Wildman–Crippen MR) is 75.2 cm³/mol. The summed E-state index contributed by atoms with van der Waals surface area (Å²) in [4.78, 5) is 11.9. The van der Waals surface area contributed by atoms with E-state index in [2.05, 4.69) is 26.0 Å². The summed E-state index contributed by atoms with van der Waals surface area (Å²) >= 11 is 0. The molecule has 0 saturated carbocycles. The zero-order valence-electron chi connectivity index (χ0n) is 10.8. The number of hydrogen-bond donors (Lipinski definition) is 0. The third-order valence-corrected chi connectivity index (χ3v) is 3.39. The molecule has 0 spiro atoms. The molecule has 0 fully saturated rings. The van der Waals surface area contributed by atoms with Gasteiger partial charge in [0.2, 0.25) is 5.91 Å². The van der Waals surface area contributed by atoms with Crippen LogP contribution >= 0.6 is 0 Å². The summed E-state index contributed by atoms with van der Waals surface area (Å²) < 4.78 is 1.80. The molecule has 0 aliphatic rings. The van der Waals surface area contributed by atoms with Gasteiger partial charge in [-0.15, -0.1) is 0 Å². The van der Waals surface area contributed by atoms with Crippen molar-refractivity contribution >= 4 is 27.7 Å². The number of aryl methyl sites for hydroxylation is 2. The Bertz CT molecular complexity index is 721. The molecule has 2 heteroatoms. The molecule has 18 heavy (non-hydrogen) atoms. The van der Waals surface area contributed by atoms with Crippen molar-refractivity contribution in [1.29, 1.82) is 0 Å². The van der Waals surface area contributed by atoms with E-state index >= 15 is 0 Å². The van der Waals surface area contributed by atoms with Crippen LogP contribution in [0.5, 0.6) is 0 Å². The average molecular weight is 237 g/mol. The van der Waals surface area contributed by atoms with Crippen molar-refractivity contribution in [3.05, 3.63) is 47.5 Å². The highest BCUT2D eigenvalue weighted by Crippen LogP contribution is 2.30. The second-order valence-corrected chi connectivity index (χ2v) is 4.90. The van der Waals surface area contributed by atoms with Gasteiger partial charge >= 0.3 is 0 Å². The van der Waals surface area contributed by atoms with Crippen LogP contribution in [0, 0.1) is 13.8 Å². The Balaban J connectivity index is 2.60. The van der Waals surface area contributed by atoms with Gasteiger partial charge in [-0.05, 0) is 38.1 Å². The summed E-state index contributed by atoms with van der Waals surface area (Å²) in [7, 11) is 0. The van der Waals surface area contributed by atoms with Gasteiger partial charge in [-0.3, -0.25) is 9.36 Å². The molecule has 1 heterocycles. The van der Waals surface area contributed by atoms with Gasteiger partial charge in [0.15, 0.2) is 0 Å². The molecule has 0 aliphatic carbocycles. The zero-order chi connectivity index (χ0) is 12.9. The van der Waals surface area contributed by atoms with Gasteiger partial charge in [0, 0.05) is 17.7 Å². The van der Waals surface area contributed by atoms with E-state index in [-0.39, 0.29) is 5.91 Å². The molecule has 3 rings (SSSR count). The van der Waals surface area contributed by atoms with Crippen LogP contribution in [0.3, 0.4) is 0 Å². The number of nitrogens with zero attached hydrogens (tertiary/aromatic N) is 1. The minimum atomic E-state index is 0.0581. The Kier molecular flexibility index (Phi) is 2.27. The molecule has 0 aliphatic heterocycles. The summed E-state index contributed by atoms with van der Waals surface area (Å²) in [6, 6.07) is 12.5. The van der Waals surface area contributed by atoms with Crippen molar-refractivity contribution < 1.29 is 4.79 Å². The molecule has 1 aromatic heterocycles. The lowest BCUT2D eigenvalue weighted by molar-refractivity contribution is 0.0946. The highest BCUT2D eigenvalue weighted by atomic mass is 16.1. The topological polar surface area (TPSA) is 22.0 Å². The number of carbonyl (C=O) groups excluding carboxylic acids is 1. The van der Waals surface area contributed by atoms with E-state index in [0.29, 0.717) is 0 Å². The van der Waals surface area contributed by atoms with Crippen LogP contribution in [0.4, 0.5) is 0 Å². The highest BCUT2D eigenvalue weighted by molar-refractivity contribution is 6.13. The summed E-state index contributed by atoms with van der Waals surface area (Å²) in [5.41, 5.74) is 4.42. The molecule has 2 aromatic carbocycles. The van der Waals surface area contributed by atoms with E-state index in [1.165, 1.54) is 11.1 Å². The third-order valence-electron chi connectivity index (χ3n) is 3.39. The van der Waals surface area contributed by atoms with Crippen molar-refractivity contribution in [1.82, 2.24) is 4.57 Å². The average Bonchev–Trinajstić information content (AvgIpc) is 2.62. The monoisotopic (exact) mass is 237 g/mol. The molecule has 0 amide bonds. The minimum absolute atomic E-state index is 0.0581. The summed E-state index contributed by atoms with van der Waals surface area (Å²) in [6.07, 6.45) is 0. The Labute approximate surface area is 106 Å². The van der Waals surface area contributed by atoms with Crippen molar-refractivity contribution in [3.8, 4) is 0 Å². The smallest absolute Gasteiger partial charge is 0.228 e. The van der Waals surface area contributed by atoms with Crippen LogP contribution in [0.15, 0.2) is 36.4 Å². The fraction of sp³-hybridized carbons (Fsp3) is 0.188. The molecule has 0 unspecified atom stereocenters. The van der Waals surface area contributed by atoms with Crippen LogP contribution in [0.1, 0.15) is 22.8 Å². The summed E-state index contributed by atoms with van der Waals surface area (Å²) in [5.74, 6) is 0.0581. The van der Waals surface area contributed by atoms with E-state index in [1.807, 2.05) is 24.3 Å². The van der Waals surface area contributed by atoms with Crippen molar-refractivity contribution in [2.45, 2.75) is 20.8 Å². The predicted octanol–water partition coefficient (Wildman–Crippen LogP) is 4.07. The Hall–Kier alpha value is -2.09. The number of fused-ring (bicyclic) bond motifs is 3. The van der Waals surface area contributed by atoms with Crippen molar-refractivity contribution in [3.63, 3.8) is 0 Å². The van der Waals surface area contributed by atoms with Gasteiger partial charge in [0.1, 0.15) is 0 Å². The fourth-order valence-electron chi connectivity index (χ4n) is 2.59. The molecule has 0 saturated heterocycles. The number of hydrogen-bond acceptors (Lipinski definition) is 1. The molecule has 0 bridgehead atoms. The molecule has 3 aromatic rings. The van der Waals surface area contributed by atoms with Crippen LogP contribution in [0.2, 0.25) is 0 Å². The highest BCUT2D eigenvalue weighted by Gasteiger charge is 2.13. The quantitative estimate of drug-likeness (QED) is 0.577. The van der Waals surface area contributed by atoms with Crippen molar-refractivity contribution in [2.75, 3.05) is 0 Å². The first-order valence-electron chi connectivity index (χ1n) is 6.10. The van der Waals surface area contributed by atoms with Gasteiger partial charge in [-0.2, -0.15) is 0 Å². The maximum atomic E-state index is 11.9.